The number of halogens is 1. The molecule has 1 aromatic carbocycles. The van der Waals surface area contributed by atoms with E-state index >= 15 is 0 Å². The zero-order valence-corrected chi connectivity index (χ0v) is 13.8. The van der Waals surface area contributed by atoms with Gasteiger partial charge < -0.3 is 9.64 Å². The van der Waals surface area contributed by atoms with Gasteiger partial charge in [0.15, 0.2) is 0 Å². The summed E-state index contributed by atoms with van der Waals surface area (Å²) >= 11 is 5.93. The number of aryl methyl sites for hydroxylation is 1. The Balaban J connectivity index is 3.09. The number of sulfonamides is 1. The van der Waals surface area contributed by atoms with Crippen molar-refractivity contribution in [1.29, 1.82) is 0 Å². The summed E-state index contributed by atoms with van der Waals surface area (Å²) in [4.78, 5) is 13.5. The molecule has 0 radical (unpaired) electrons. The number of primary sulfonamides is 1. The number of carbonyl (C=O) groups excluding carboxylic acids is 1. The SMILES string of the molecule is CCOCCN(C)C(=O)c1cc(C)c(Cl)c(S(N)(=O)=O)c1. The minimum atomic E-state index is -3.99. The van der Waals surface area contributed by atoms with Crippen molar-refractivity contribution in [2.24, 2.45) is 5.14 Å². The summed E-state index contributed by atoms with van der Waals surface area (Å²) in [6.45, 7) is 4.86. The van der Waals surface area contributed by atoms with E-state index in [1.54, 1.807) is 14.0 Å². The number of nitrogens with two attached hydrogens (primary N) is 1. The van der Waals surface area contributed by atoms with Gasteiger partial charge in [0.05, 0.1) is 11.6 Å². The first-order valence-electron chi connectivity index (χ1n) is 6.34. The molecule has 0 fully saturated rings. The lowest BCUT2D eigenvalue weighted by atomic mass is 10.1. The predicted octanol–water partition coefficient (Wildman–Crippen LogP) is 1.40. The van der Waals surface area contributed by atoms with Gasteiger partial charge in [0.1, 0.15) is 4.90 Å². The zero-order chi connectivity index (χ0) is 16.2. The molecule has 1 aromatic rings. The lowest BCUT2D eigenvalue weighted by molar-refractivity contribution is 0.0709. The molecular formula is C13H19ClN2O4S. The van der Waals surface area contributed by atoms with E-state index in [0.29, 0.717) is 25.3 Å². The van der Waals surface area contributed by atoms with Crippen molar-refractivity contribution in [3.63, 3.8) is 0 Å². The summed E-state index contributed by atoms with van der Waals surface area (Å²) in [6.07, 6.45) is 0. The fraction of sp³-hybridized carbons (Fsp3) is 0.462. The molecule has 2 N–H and O–H groups in total. The van der Waals surface area contributed by atoms with Crippen molar-refractivity contribution in [2.75, 3.05) is 26.8 Å². The number of hydrogen-bond donors (Lipinski definition) is 1. The van der Waals surface area contributed by atoms with Crippen LogP contribution in [0.4, 0.5) is 0 Å². The van der Waals surface area contributed by atoms with Gasteiger partial charge in [-0.15, -0.1) is 0 Å². The van der Waals surface area contributed by atoms with E-state index in [1.807, 2.05) is 6.92 Å². The second-order valence-corrected chi connectivity index (χ2v) is 6.48. The molecule has 8 heteroatoms. The Kier molecular flexibility index (Phi) is 6.15. The Labute approximate surface area is 129 Å². The van der Waals surface area contributed by atoms with Gasteiger partial charge in [0, 0.05) is 25.8 Å². The largest absolute Gasteiger partial charge is 0.380 e. The van der Waals surface area contributed by atoms with Crippen molar-refractivity contribution < 1.29 is 17.9 Å². The molecule has 0 unspecified atom stereocenters. The maximum atomic E-state index is 12.3. The summed E-state index contributed by atoms with van der Waals surface area (Å²) in [5.41, 5.74) is 0.699. The van der Waals surface area contributed by atoms with Crippen molar-refractivity contribution in [3.05, 3.63) is 28.3 Å². The lowest BCUT2D eigenvalue weighted by Gasteiger charge is -2.18. The highest BCUT2D eigenvalue weighted by molar-refractivity contribution is 7.89. The standard InChI is InChI=1S/C13H19ClN2O4S/c1-4-20-6-5-16(3)13(17)10-7-9(2)12(14)11(8-10)21(15,18)19/h7-8H,4-6H2,1-3H3,(H2,15,18,19). The van der Waals surface area contributed by atoms with E-state index < -0.39 is 10.0 Å². The number of likely N-dealkylation sites (N-methyl/N-ethyl adjacent to an activating group) is 1. The van der Waals surface area contributed by atoms with Crippen LogP contribution in [-0.4, -0.2) is 46.0 Å². The van der Waals surface area contributed by atoms with Crippen LogP contribution in [0.1, 0.15) is 22.8 Å². The van der Waals surface area contributed by atoms with Crippen LogP contribution in [0, 0.1) is 6.92 Å². The average Bonchev–Trinajstić information content (AvgIpc) is 2.39. The molecule has 0 heterocycles. The van der Waals surface area contributed by atoms with Gasteiger partial charge in [-0.25, -0.2) is 13.6 Å². The van der Waals surface area contributed by atoms with E-state index in [9.17, 15) is 13.2 Å². The fourth-order valence-electron chi connectivity index (χ4n) is 1.74. The van der Waals surface area contributed by atoms with E-state index in [-0.39, 0.29) is 21.4 Å². The van der Waals surface area contributed by atoms with Gasteiger partial charge >= 0.3 is 0 Å². The minimum absolute atomic E-state index is 0.0334. The molecule has 118 valence electrons. The number of nitrogens with zero attached hydrogens (tertiary/aromatic N) is 1. The molecule has 21 heavy (non-hydrogen) atoms. The van der Waals surface area contributed by atoms with Crippen LogP contribution >= 0.6 is 11.6 Å². The van der Waals surface area contributed by atoms with Gasteiger partial charge in [0.2, 0.25) is 10.0 Å². The molecule has 0 aliphatic rings. The molecular weight excluding hydrogens is 316 g/mol. The van der Waals surface area contributed by atoms with Crippen LogP contribution < -0.4 is 5.14 Å². The summed E-state index contributed by atoms with van der Waals surface area (Å²) in [5, 5.41) is 5.15. The number of carbonyl (C=O) groups is 1. The predicted molar refractivity (Wildman–Crippen MR) is 81.0 cm³/mol. The van der Waals surface area contributed by atoms with Crippen LogP contribution in [0.5, 0.6) is 0 Å². The van der Waals surface area contributed by atoms with Crippen LogP contribution in [0.2, 0.25) is 5.02 Å². The van der Waals surface area contributed by atoms with Gasteiger partial charge in [-0.1, -0.05) is 11.6 Å². The molecule has 0 aliphatic heterocycles. The molecule has 1 amide bonds. The Morgan fingerprint density at radius 3 is 2.57 bits per heavy atom. The Hall–Kier alpha value is -1.15. The molecule has 0 aliphatic carbocycles. The van der Waals surface area contributed by atoms with E-state index in [1.165, 1.54) is 17.0 Å². The number of benzene rings is 1. The highest BCUT2D eigenvalue weighted by atomic mass is 35.5. The monoisotopic (exact) mass is 334 g/mol. The molecule has 0 saturated heterocycles. The van der Waals surface area contributed by atoms with Crippen molar-refractivity contribution in [3.8, 4) is 0 Å². The third-order valence-corrected chi connectivity index (χ3v) is 4.45. The summed E-state index contributed by atoms with van der Waals surface area (Å²) < 4.78 is 28.2. The van der Waals surface area contributed by atoms with Gasteiger partial charge in [-0.05, 0) is 31.5 Å². The Morgan fingerprint density at radius 1 is 1.43 bits per heavy atom. The first-order valence-corrected chi connectivity index (χ1v) is 8.27. The summed E-state index contributed by atoms with van der Waals surface area (Å²) in [7, 11) is -2.37. The lowest BCUT2D eigenvalue weighted by Crippen LogP contribution is -2.30. The Morgan fingerprint density at radius 2 is 2.05 bits per heavy atom. The average molecular weight is 335 g/mol. The quantitative estimate of drug-likeness (QED) is 0.796. The van der Waals surface area contributed by atoms with Gasteiger partial charge in [-0.3, -0.25) is 4.79 Å². The second kappa shape index (κ2) is 7.22. The molecule has 0 bridgehead atoms. The smallest absolute Gasteiger partial charge is 0.253 e. The third-order valence-electron chi connectivity index (χ3n) is 2.90. The van der Waals surface area contributed by atoms with Crippen molar-refractivity contribution in [2.45, 2.75) is 18.7 Å². The number of amides is 1. The normalized spacial score (nSPS) is 11.5. The van der Waals surface area contributed by atoms with E-state index in [4.69, 9.17) is 21.5 Å². The van der Waals surface area contributed by atoms with Gasteiger partial charge in [0.25, 0.3) is 5.91 Å². The minimum Gasteiger partial charge on any atom is -0.380 e. The second-order valence-electron chi connectivity index (χ2n) is 4.57. The maximum absolute atomic E-state index is 12.3. The van der Waals surface area contributed by atoms with Gasteiger partial charge in [-0.2, -0.15) is 0 Å². The van der Waals surface area contributed by atoms with E-state index in [0.717, 1.165) is 0 Å². The zero-order valence-electron chi connectivity index (χ0n) is 12.2. The highest BCUT2D eigenvalue weighted by Gasteiger charge is 2.20. The van der Waals surface area contributed by atoms with Crippen molar-refractivity contribution >= 4 is 27.5 Å². The van der Waals surface area contributed by atoms with Crippen LogP contribution in [0.3, 0.4) is 0 Å². The fourth-order valence-corrected chi connectivity index (χ4v) is 2.87. The number of hydrogen-bond acceptors (Lipinski definition) is 4. The molecule has 0 spiro atoms. The van der Waals surface area contributed by atoms with Crippen molar-refractivity contribution in [1.82, 2.24) is 4.90 Å². The van der Waals surface area contributed by atoms with Crippen LogP contribution in [0.15, 0.2) is 17.0 Å². The molecule has 0 saturated carbocycles. The molecule has 1 rings (SSSR count). The molecule has 0 atom stereocenters. The molecule has 6 nitrogen and oxygen atoms in total. The number of rotatable bonds is 6. The Bertz CT molecular complexity index is 631. The highest BCUT2D eigenvalue weighted by Crippen LogP contribution is 2.26. The van der Waals surface area contributed by atoms with Crippen LogP contribution in [-0.2, 0) is 14.8 Å². The topological polar surface area (TPSA) is 89.7 Å². The third kappa shape index (κ3) is 4.67. The first kappa shape index (κ1) is 17.9. The first-order chi connectivity index (χ1) is 9.68. The van der Waals surface area contributed by atoms with E-state index in [2.05, 4.69) is 0 Å². The van der Waals surface area contributed by atoms with Crippen LogP contribution in [0.25, 0.3) is 0 Å². The molecule has 0 aromatic heterocycles. The summed E-state index contributed by atoms with van der Waals surface area (Å²) in [5.74, 6) is -0.320. The number of ether oxygens (including phenoxy) is 1. The maximum Gasteiger partial charge on any atom is 0.253 e. The summed E-state index contributed by atoms with van der Waals surface area (Å²) in [6, 6.07) is 2.74.